The lowest BCUT2D eigenvalue weighted by Crippen LogP contribution is -2.52. The first-order valence-electron chi connectivity index (χ1n) is 13.5. The molecule has 1 aliphatic rings. The molecule has 1 aliphatic carbocycles. The summed E-state index contributed by atoms with van der Waals surface area (Å²) in [6.07, 6.45) is 0.117. The third-order valence-corrected chi connectivity index (χ3v) is 7.05. The molecule has 0 bridgehead atoms. The number of carbonyl (C=O) groups excluding carboxylic acids is 3. The van der Waals surface area contributed by atoms with Crippen molar-refractivity contribution < 1.29 is 19.1 Å². The lowest BCUT2D eigenvalue weighted by molar-refractivity contribution is -0.141. The number of carbonyl (C=O) groups is 3. The van der Waals surface area contributed by atoms with E-state index in [0.717, 1.165) is 33.9 Å². The van der Waals surface area contributed by atoms with E-state index in [1.165, 1.54) is 0 Å². The molecule has 2 N–H and O–H groups in total. The van der Waals surface area contributed by atoms with Crippen LogP contribution in [0.25, 0.3) is 10.8 Å². The molecule has 0 spiro atoms. The van der Waals surface area contributed by atoms with Gasteiger partial charge in [0.25, 0.3) is 5.91 Å². The molecule has 4 unspecified atom stereocenters. The Kier molecular flexibility index (Phi) is 8.00. The van der Waals surface area contributed by atoms with Gasteiger partial charge in [-0.1, -0.05) is 61.0 Å². The van der Waals surface area contributed by atoms with Crippen molar-refractivity contribution in [2.45, 2.75) is 78.6 Å². The minimum Gasteiger partial charge on any atom is -0.444 e. The van der Waals surface area contributed by atoms with Crippen molar-refractivity contribution in [3.8, 4) is 0 Å². The molecular weight excluding hydrogens is 490 g/mol. The fraction of sp³-hybridized carbons (Fsp3) is 0.406. The number of amides is 3. The quantitative estimate of drug-likeness (QED) is 0.377. The number of nitrogens with one attached hydrogen (secondary N) is 2. The summed E-state index contributed by atoms with van der Waals surface area (Å²) >= 11 is 0. The third-order valence-electron chi connectivity index (χ3n) is 7.05. The minimum atomic E-state index is -0.880. The molecule has 0 saturated heterocycles. The topological polar surface area (TPSA) is 87.7 Å². The predicted molar refractivity (Wildman–Crippen MR) is 154 cm³/mol. The maximum atomic E-state index is 14.1. The molecule has 7 nitrogen and oxygen atoms in total. The monoisotopic (exact) mass is 529 g/mol. The van der Waals surface area contributed by atoms with Crippen LogP contribution in [-0.2, 0) is 14.3 Å². The Hall–Kier alpha value is -3.87. The van der Waals surface area contributed by atoms with E-state index in [2.05, 4.69) is 17.6 Å². The van der Waals surface area contributed by atoms with Crippen LogP contribution in [0, 0.1) is 19.8 Å². The molecule has 0 aliphatic heterocycles. The zero-order chi connectivity index (χ0) is 28.5. The normalized spacial score (nSPS) is 18.1. The molecule has 0 radical (unpaired) electrons. The molecule has 3 aromatic rings. The van der Waals surface area contributed by atoms with E-state index in [1.807, 2.05) is 74.5 Å². The summed E-state index contributed by atoms with van der Waals surface area (Å²) in [5, 5.41) is 7.83. The van der Waals surface area contributed by atoms with Crippen molar-refractivity contribution in [2.75, 3.05) is 5.32 Å². The van der Waals surface area contributed by atoms with Gasteiger partial charge in [0.15, 0.2) is 0 Å². The second kappa shape index (κ2) is 11.1. The Morgan fingerprint density at radius 2 is 1.64 bits per heavy atom. The van der Waals surface area contributed by atoms with Gasteiger partial charge in [0, 0.05) is 11.7 Å². The number of hydrogen-bond donors (Lipinski definition) is 2. The van der Waals surface area contributed by atoms with Crippen molar-refractivity contribution in [1.29, 1.82) is 0 Å². The number of alkyl carbamates (subject to hydrolysis) is 1. The maximum Gasteiger partial charge on any atom is 0.408 e. The van der Waals surface area contributed by atoms with E-state index in [1.54, 1.807) is 32.6 Å². The van der Waals surface area contributed by atoms with Crippen LogP contribution >= 0.6 is 0 Å². The molecule has 3 aromatic carbocycles. The fourth-order valence-electron chi connectivity index (χ4n) is 4.97. The van der Waals surface area contributed by atoms with Crippen molar-refractivity contribution >= 4 is 34.4 Å². The summed E-state index contributed by atoms with van der Waals surface area (Å²) in [6, 6.07) is 17.8. The van der Waals surface area contributed by atoms with Crippen molar-refractivity contribution in [2.24, 2.45) is 5.92 Å². The molecule has 206 valence electrons. The predicted octanol–water partition coefficient (Wildman–Crippen LogP) is 6.29. The van der Waals surface area contributed by atoms with E-state index in [-0.39, 0.29) is 23.8 Å². The van der Waals surface area contributed by atoms with E-state index in [9.17, 15) is 14.4 Å². The van der Waals surface area contributed by atoms with Gasteiger partial charge in [-0.05, 0) is 87.9 Å². The van der Waals surface area contributed by atoms with Crippen LogP contribution in [0.4, 0.5) is 10.5 Å². The van der Waals surface area contributed by atoms with Crippen LogP contribution in [0.5, 0.6) is 0 Å². The Balaban J connectivity index is 1.69. The lowest BCUT2D eigenvalue weighted by Gasteiger charge is -2.35. The first-order valence-corrected chi connectivity index (χ1v) is 13.5. The first-order chi connectivity index (χ1) is 18.3. The highest BCUT2D eigenvalue weighted by Crippen LogP contribution is 2.41. The van der Waals surface area contributed by atoms with E-state index < -0.39 is 23.8 Å². The molecule has 4 rings (SSSR count). The molecular formula is C32H39N3O4. The van der Waals surface area contributed by atoms with Gasteiger partial charge >= 0.3 is 6.09 Å². The van der Waals surface area contributed by atoms with Gasteiger partial charge in [0.05, 0.1) is 0 Å². The Morgan fingerprint density at radius 3 is 2.26 bits per heavy atom. The zero-order valence-electron chi connectivity index (χ0n) is 23.9. The molecule has 0 aromatic heterocycles. The summed E-state index contributed by atoms with van der Waals surface area (Å²) < 4.78 is 5.37. The summed E-state index contributed by atoms with van der Waals surface area (Å²) in [7, 11) is 0. The van der Waals surface area contributed by atoms with Gasteiger partial charge in [0.2, 0.25) is 5.91 Å². The van der Waals surface area contributed by atoms with Crippen LogP contribution in [0.3, 0.4) is 0 Å². The highest BCUT2D eigenvalue weighted by molar-refractivity contribution is 6.00. The zero-order valence-corrected chi connectivity index (χ0v) is 23.9. The number of rotatable bonds is 7. The number of aryl methyl sites for hydroxylation is 2. The smallest absolute Gasteiger partial charge is 0.408 e. The average molecular weight is 530 g/mol. The maximum absolute atomic E-state index is 14.1. The van der Waals surface area contributed by atoms with Crippen LogP contribution in [0.2, 0.25) is 0 Å². The van der Waals surface area contributed by atoms with Crippen LogP contribution in [0.15, 0.2) is 60.7 Å². The molecule has 0 heterocycles. The largest absolute Gasteiger partial charge is 0.444 e. The lowest BCUT2D eigenvalue weighted by atomic mass is 9.96. The van der Waals surface area contributed by atoms with Gasteiger partial charge in [0.1, 0.15) is 17.7 Å². The van der Waals surface area contributed by atoms with Crippen molar-refractivity contribution in [3.05, 3.63) is 77.4 Å². The fourth-order valence-corrected chi connectivity index (χ4v) is 4.97. The number of anilines is 1. The Labute approximate surface area is 230 Å². The molecule has 4 atom stereocenters. The summed E-state index contributed by atoms with van der Waals surface area (Å²) in [5.74, 6) is -0.382. The number of fused-ring (bicyclic) bond motifs is 1. The second-order valence-corrected chi connectivity index (χ2v) is 11.7. The standard InChI is InChI=1S/C32H39N3O4/c1-19-12-15-26(20(2)16-19)28(29(36)34-25-14-13-23-10-8-9-11-24(23)18-25)35(27-17-21(27)3)30(37)22(4)33-31(38)39-32(5,6)7/h8-16,18,21-22,27-28H,17H2,1-7H3,(H,33,38)(H,34,36). The van der Waals surface area contributed by atoms with E-state index in [0.29, 0.717) is 5.69 Å². The van der Waals surface area contributed by atoms with Gasteiger partial charge in [-0.3, -0.25) is 9.59 Å². The molecule has 1 saturated carbocycles. The second-order valence-electron chi connectivity index (χ2n) is 11.7. The van der Waals surface area contributed by atoms with Crippen LogP contribution in [0.1, 0.15) is 63.8 Å². The van der Waals surface area contributed by atoms with Gasteiger partial charge in [-0.25, -0.2) is 4.79 Å². The highest BCUT2D eigenvalue weighted by atomic mass is 16.6. The number of benzene rings is 3. The minimum absolute atomic E-state index is 0.117. The highest BCUT2D eigenvalue weighted by Gasteiger charge is 2.48. The molecule has 39 heavy (non-hydrogen) atoms. The summed E-state index contributed by atoms with van der Waals surface area (Å²) in [5.41, 5.74) is 2.72. The van der Waals surface area contributed by atoms with E-state index >= 15 is 0 Å². The molecule has 3 amide bonds. The van der Waals surface area contributed by atoms with Gasteiger partial charge in [-0.2, -0.15) is 0 Å². The van der Waals surface area contributed by atoms with Crippen LogP contribution < -0.4 is 10.6 Å². The molecule has 1 fully saturated rings. The summed E-state index contributed by atoms with van der Waals surface area (Å²) in [4.78, 5) is 42.2. The number of nitrogens with zero attached hydrogens (tertiary/aromatic N) is 1. The number of ether oxygens (including phenoxy) is 1. The molecule has 7 heteroatoms. The average Bonchev–Trinajstić information content (AvgIpc) is 3.56. The first kappa shape index (κ1) is 28.1. The summed E-state index contributed by atoms with van der Waals surface area (Å²) in [6.45, 7) is 13.0. The SMILES string of the molecule is Cc1ccc(C(C(=O)Nc2ccc3ccccc3c2)N(C(=O)C(C)NC(=O)OC(C)(C)C)C2CC2C)c(C)c1. The Bertz CT molecular complexity index is 1390. The number of hydrogen-bond acceptors (Lipinski definition) is 4. The third kappa shape index (κ3) is 6.77. The van der Waals surface area contributed by atoms with Gasteiger partial charge < -0.3 is 20.3 Å². The van der Waals surface area contributed by atoms with Crippen molar-refractivity contribution in [3.63, 3.8) is 0 Å². The van der Waals surface area contributed by atoms with Crippen molar-refractivity contribution in [1.82, 2.24) is 10.2 Å². The van der Waals surface area contributed by atoms with E-state index in [4.69, 9.17) is 4.74 Å². The van der Waals surface area contributed by atoms with Gasteiger partial charge in [-0.15, -0.1) is 0 Å². The Morgan fingerprint density at radius 1 is 0.974 bits per heavy atom. The van der Waals surface area contributed by atoms with Crippen LogP contribution in [-0.4, -0.2) is 40.5 Å².